The predicted molar refractivity (Wildman–Crippen MR) is 102 cm³/mol. The van der Waals surface area contributed by atoms with Crippen LogP contribution in [0.1, 0.15) is 47.9 Å². The Hall–Kier alpha value is -2.14. The van der Waals surface area contributed by atoms with Crippen molar-refractivity contribution in [3.05, 3.63) is 53.1 Å². The van der Waals surface area contributed by atoms with Crippen molar-refractivity contribution in [1.29, 1.82) is 0 Å². The van der Waals surface area contributed by atoms with Crippen LogP contribution in [0.25, 0.3) is 5.69 Å². The summed E-state index contributed by atoms with van der Waals surface area (Å²) < 4.78 is 15.3. The topological polar surface area (TPSA) is 37.3 Å². The molecule has 4 nitrogen and oxygen atoms in total. The van der Waals surface area contributed by atoms with E-state index in [1.54, 1.807) is 12.1 Å². The third-order valence-corrected chi connectivity index (χ3v) is 5.22. The van der Waals surface area contributed by atoms with Crippen molar-refractivity contribution in [2.75, 3.05) is 19.6 Å². The van der Waals surface area contributed by atoms with E-state index in [1.807, 2.05) is 24.5 Å². The molecule has 0 atom stereocenters. The van der Waals surface area contributed by atoms with Gasteiger partial charge in [-0.3, -0.25) is 4.79 Å². The summed E-state index contributed by atoms with van der Waals surface area (Å²) in [6.07, 6.45) is 2.96. The van der Waals surface area contributed by atoms with E-state index in [4.69, 9.17) is 0 Å². The lowest BCUT2D eigenvalue weighted by molar-refractivity contribution is 0.0642. The Labute approximate surface area is 155 Å². The van der Waals surface area contributed by atoms with Crippen LogP contribution in [0, 0.1) is 19.7 Å². The largest absolute Gasteiger partial charge is 0.336 e. The van der Waals surface area contributed by atoms with E-state index >= 15 is 0 Å². The Kier molecular flexibility index (Phi) is 5.77. The van der Waals surface area contributed by atoms with E-state index in [0.717, 1.165) is 61.5 Å². The Bertz CT molecular complexity index is 760. The van der Waals surface area contributed by atoms with Gasteiger partial charge in [0.1, 0.15) is 5.82 Å². The number of aryl methyl sites for hydroxylation is 1. The normalized spacial score (nSPS) is 15.2. The average molecular weight is 357 g/mol. The smallest absolute Gasteiger partial charge is 0.255 e. The van der Waals surface area contributed by atoms with Crippen molar-refractivity contribution in [3.8, 4) is 5.69 Å². The fourth-order valence-corrected chi connectivity index (χ4v) is 3.93. The maximum absolute atomic E-state index is 13.3. The van der Waals surface area contributed by atoms with Gasteiger partial charge in [-0.15, -0.1) is 0 Å². The van der Waals surface area contributed by atoms with Crippen LogP contribution in [0.5, 0.6) is 0 Å². The molecule has 1 saturated heterocycles. The van der Waals surface area contributed by atoms with Gasteiger partial charge in [-0.05, 0) is 76.5 Å². The van der Waals surface area contributed by atoms with Crippen LogP contribution in [0.3, 0.4) is 0 Å². The Morgan fingerprint density at radius 1 is 1.23 bits per heavy atom. The molecule has 0 saturated carbocycles. The molecule has 2 aromatic rings. The molecule has 3 rings (SSSR count). The van der Waals surface area contributed by atoms with Crippen LogP contribution in [-0.2, 0) is 0 Å². The average Bonchev–Trinajstić information content (AvgIpc) is 2.95. The lowest BCUT2D eigenvalue weighted by Crippen LogP contribution is -2.46. The molecule has 1 aliphatic rings. The number of nitrogens with zero attached hydrogens (tertiary/aromatic N) is 2. The second-order valence-corrected chi connectivity index (χ2v) is 7.08. The number of benzene rings is 1. The molecule has 0 radical (unpaired) electrons. The lowest BCUT2D eigenvalue weighted by Gasteiger charge is -2.34. The molecule has 1 aromatic carbocycles. The van der Waals surface area contributed by atoms with Crippen molar-refractivity contribution >= 4 is 5.91 Å². The number of nitrogens with one attached hydrogen (secondary N) is 1. The van der Waals surface area contributed by atoms with Gasteiger partial charge in [0.15, 0.2) is 0 Å². The van der Waals surface area contributed by atoms with Crippen molar-refractivity contribution in [1.82, 2.24) is 14.8 Å². The molecular formula is C21H28FN3O. The van der Waals surface area contributed by atoms with Crippen molar-refractivity contribution in [2.45, 2.75) is 46.1 Å². The number of rotatable bonds is 5. The highest BCUT2D eigenvalue weighted by molar-refractivity contribution is 5.96. The zero-order valence-electron chi connectivity index (χ0n) is 15.9. The van der Waals surface area contributed by atoms with Gasteiger partial charge in [0.25, 0.3) is 5.91 Å². The van der Waals surface area contributed by atoms with Crippen LogP contribution in [0.2, 0.25) is 0 Å². The SMILES string of the molecule is CCCN(C(=O)c1cc(C)n(-c2ccc(F)cc2)c1C)C1CCNCC1. The molecule has 5 heteroatoms. The molecule has 26 heavy (non-hydrogen) atoms. The molecule has 2 heterocycles. The maximum Gasteiger partial charge on any atom is 0.255 e. The number of hydrogen-bond donors (Lipinski definition) is 1. The summed E-state index contributed by atoms with van der Waals surface area (Å²) in [6, 6.07) is 8.67. The summed E-state index contributed by atoms with van der Waals surface area (Å²) in [6.45, 7) is 8.78. The van der Waals surface area contributed by atoms with Gasteiger partial charge >= 0.3 is 0 Å². The fourth-order valence-electron chi connectivity index (χ4n) is 3.93. The minimum Gasteiger partial charge on any atom is -0.336 e. The first kappa shape index (κ1) is 18.6. The Balaban J connectivity index is 1.93. The van der Waals surface area contributed by atoms with Gasteiger partial charge in [-0.1, -0.05) is 6.92 Å². The second kappa shape index (κ2) is 8.04. The number of carbonyl (C=O) groups excluding carboxylic acids is 1. The highest BCUT2D eigenvalue weighted by Gasteiger charge is 2.28. The van der Waals surface area contributed by atoms with E-state index in [-0.39, 0.29) is 11.7 Å². The molecule has 1 aliphatic heterocycles. The number of hydrogen-bond acceptors (Lipinski definition) is 2. The fraction of sp³-hybridized carbons (Fsp3) is 0.476. The van der Waals surface area contributed by atoms with Gasteiger partial charge in [0.05, 0.1) is 5.56 Å². The minimum absolute atomic E-state index is 0.111. The zero-order valence-corrected chi connectivity index (χ0v) is 15.9. The van der Waals surface area contributed by atoms with E-state index < -0.39 is 0 Å². The summed E-state index contributed by atoms with van der Waals surface area (Å²) in [5, 5.41) is 3.37. The number of halogens is 1. The first-order valence-corrected chi connectivity index (χ1v) is 9.49. The predicted octanol–water partition coefficient (Wildman–Crippen LogP) is 3.84. The molecule has 1 amide bonds. The minimum atomic E-state index is -0.257. The first-order valence-electron chi connectivity index (χ1n) is 9.49. The number of carbonyl (C=O) groups is 1. The molecule has 0 unspecified atom stereocenters. The third-order valence-electron chi connectivity index (χ3n) is 5.22. The number of aromatic nitrogens is 1. The van der Waals surface area contributed by atoms with E-state index in [9.17, 15) is 9.18 Å². The molecule has 1 aromatic heterocycles. The molecule has 1 N–H and O–H groups in total. The molecule has 0 aliphatic carbocycles. The number of piperidine rings is 1. The molecule has 0 bridgehead atoms. The molecule has 0 spiro atoms. The van der Waals surface area contributed by atoms with Crippen LogP contribution < -0.4 is 5.32 Å². The summed E-state index contributed by atoms with van der Waals surface area (Å²) in [4.78, 5) is 15.4. The second-order valence-electron chi connectivity index (χ2n) is 7.08. The van der Waals surface area contributed by atoms with E-state index in [0.29, 0.717) is 6.04 Å². The van der Waals surface area contributed by atoms with Crippen LogP contribution in [0.4, 0.5) is 4.39 Å². The maximum atomic E-state index is 13.3. The Morgan fingerprint density at radius 3 is 2.50 bits per heavy atom. The Morgan fingerprint density at radius 2 is 1.88 bits per heavy atom. The van der Waals surface area contributed by atoms with Crippen molar-refractivity contribution in [3.63, 3.8) is 0 Å². The first-order chi connectivity index (χ1) is 12.5. The lowest BCUT2D eigenvalue weighted by atomic mass is 10.0. The van der Waals surface area contributed by atoms with E-state index in [2.05, 4.69) is 17.1 Å². The monoisotopic (exact) mass is 357 g/mol. The molecule has 1 fully saturated rings. The highest BCUT2D eigenvalue weighted by atomic mass is 19.1. The summed E-state index contributed by atoms with van der Waals surface area (Å²) in [7, 11) is 0. The van der Waals surface area contributed by atoms with Gasteiger partial charge in [-0.2, -0.15) is 0 Å². The molecular weight excluding hydrogens is 329 g/mol. The van der Waals surface area contributed by atoms with Crippen molar-refractivity contribution < 1.29 is 9.18 Å². The standard InChI is InChI=1S/C21H28FN3O/c1-4-13-24(18-9-11-23-12-10-18)21(26)20-14-15(2)25(16(20)3)19-7-5-17(22)6-8-19/h5-8,14,18,23H,4,9-13H2,1-3H3. The summed E-state index contributed by atoms with van der Waals surface area (Å²) in [5.41, 5.74) is 3.52. The quantitative estimate of drug-likeness (QED) is 0.883. The van der Waals surface area contributed by atoms with Crippen molar-refractivity contribution in [2.24, 2.45) is 0 Å². The van der Waals surface area contributed by atoms with Gasteiger partial charge < -0.3 is 14.8 Å². The van der Waals surface area contributed by atoms with Crippen LogP contribution >= 0.6 is 0 Å². The molecule has 140 valence electrons. The van der Waals surface area contributed by atoms with Gasteiger partial charge in [0.2, 0.25) is 0 Å². The summed E-state index contributed by atoms with van der Waals surface area (Å²) >= 11 is 0. The van der Waals surface area contributed by atoms with Crippen LogP contribution in [0.15, 0.2) is 30.3 Å². The summed E-state index contributed by atoms with van der Waals surface area (Å²) in [5.74, 6) is -0.146. The zero-order chi connectivity index (χ0) is 18.7. The third kappa shape index (κ3) is 3.68. The van der Waals surface area contributed by atoms with Crippen LogP contribution in [-0.4, -0.2) is 41.1 Å². The van der Waals surface area contributed by atoms with Gasteiger partial charge in [0, 0.05) is 29.7 Å². The van der Waals surface area contributed by atoms with Gasteiger partial charge in [-0.25, -0.2) is 4.39 Å². The highest BCUT2D eigenvalue weighted by Crippen LogP contribution is 2.24. The van der Waals surface area contributed by atoms with E-state index in [1.165, 1.54) is 12.1 Å². The number of amides is 1.